The minimum Gasteiger partial charge on any atom is -0.186 e. The summed E-state index contributed by atoms with van der Waals surface area (Å²) < 4.78 is 2.45. The third kappa shape index (κ3) is 3.83. The zero-order chi connectivity index (χ0) is 20.2. The van der Waals surface area contributed by atoms with E-state index in [2.05, 4.69) is 125 Å². The normalized spacial score (nSPS) is 10.8. The Morgan fingerprint density at radius 2 is 1.13 bits per heavy atom. The predicted octanol–water partition coefficient (Wildman–Crippen LogP) is 7.08. The van der Waals surface area contributed by atoms with E-state index in [0.717, 1.165) is 6.54 Å². The largest absolute Gasteiger partial charge is 0.223 e. The van der Waals surface area contributed by atoms with Crippen LogP contribution in [-0.4, -0.2) is 0 Å². The van der Waals surface area contributed by atoms with E-state index in [1.807, 2.05) is 0 Å². The quantitative estimate of drug-likeness (QED) is 0.275. The number of thiophene rings is 1. The molecule has 2 heterocycles. The molecule has 1 nitrogen and oxygen atoms in total. The first-order valence-corrected chi connectivity index (χ1v) is 11.0. The number of aromatic nitrogens is 1. The minimum absolute atomic E-state index is 0.827. The average molecular weight is 405 g/mol. The summed E-state index contributed by atoms with van der Waals surface area (Å²) in [5, 5.41) is 2.15. The number of hydrogen-bond acceptors (Lipinski definition) is 1. The van der Waals surface area contributed by atoms with Gasteiger partial charge in [0.2, 0.25) is 11.4 Å². The first-order valence-electron chi connectivity index (χ1n) is 10.1. The molecule has 30 heavy (non-hydrogen) atoms. The van der Waals surface area contributed by atoms with Crippen molar-refractivity contribution in [1.29, 1.82) is 0 Å². The lowest BCUT2D eigenvalue weighted by atomic mass is 10.0. The third-order valence-electron chi connectivity index (χ3n) is 5.30. The fourth-order valence-electron chi connectivity index (χ4n) is 3.83. The Hall–Kier alpha value is -3.49. The van der Waals surface area contributed by atoms with Gasteiger partial charge in [-0.25, -0.2) is 0 Å². The summed E-state index contributed by atoms with van der Waals surface area (Å²) in [4.78, 5) is 1.28. The van der Waals surface area contributed by atoms with Crippen LogP contribution in [0, 0.1) is 0 Å². The summed E-state index contributed by atoms with van der Waals surface area (Å²) in [7, 11) is 0. The van der Waals surface area contributed by atoms with Gasteiger partial charge >= 0.3 is 0 Å². The van der Waals surface area contributed by atoms with Gasteiger partial charge < -0.3 is 0 Å². The molecule has 0 unspecified atom stereocenters. The smallest absolute Gasteiger partial charge is 0.186 e. The fourth-order valence-corrected chi connectivity index (χ4v) is 4.58. The molecule has 144 valence electrons. The lowest BCUT2D eigenvalue weighted by Crippen LogP contribution is -2.39. The first kappa shape index (κ1) is 18.5. The van der Waals surface area contributed by atoms with Crippen molar-refractivity contribution >= 4 is 11.3 Å². The summed E-state index contributed by atoms with van der Waals surface area (Å²) >= 11 is 1.79. The van der Waals surface area contributed by atoms with Crippen molar-refractivity contribution in [2.75, 3.05) is 0 Å². The van der Waals surface area contributed by atoms with Gasteiger partial charge in [-0.2, -0.15) is 4.57 Å². The molecule has 3 aromatic carbocycles. The summed E-state index contributed by atoms with van der Waals surface area (Å²) in [5.74, 6) is 0. The second-order valence-corrected chi connectivity index (χ2v) is 8.24. The number of pyridine rings is 1. The van der Waals surface area contributed by atoms with Crippen molar-refractivity contribution in [2.45, 2.75) is 6.54 Å². The minimum atomic E-state index is 0.827. The number of benzene rings is 3. The Morgan fingerprint density at radius 1 is 0.533 bits per heavy atom. The standard InChI is InChI=1S/C28H22NS/c1-4-11-22(12-5-1)21-29-26(24-15-8-3-9-16-24)19-25(23-13-6-2-7-14-23)20-27(29)28-17-10-18-30-28/h1-20H,21H2/q+1. The number of hydrogen-bond donors (Lipinski definition) is 0. The SMILES string of the molecule is c1ccc(C[n+]2c(-c3ccccc3)cc(-c3ccccc3)cc2-c2cccs2)cc1. The molecule has 0 saturated heterocycles. The molecule has 0 aliphatic carbocycles. The van der Waals surface area contributed by atoms with Gasteiger partial charge in [0.1, 0.15) is 0 Å². The second-order valence-electron chi connectivity index (χ2n) is 7.30. The summed E-state index contributed by atoms with van der Waals surface area (Å²) in [6.07, 6.45) is 0. The van der Waals surface area contributed by atoms with Crippen molar-refractivity contribution in [3.8, 4) is 33.0 Å². The van der Waals surface area contributed by atoms with Crippen LogP contribution in [0.4, 0.5) is 0 Å². The molecule has 0 amide bonds. The summed E-state index contributed by atoms with van der Waals surface area (Å²) in [6.45, 7) is 0.827. The molecule has 0 spiro atoms. The fraction of sp³-hybridized carbons (Fsp3) is 0.0357. The summed E-state index contributed by atoms with van der Waals surface area (Å²) in [6, 6.07) is 41.0. The molecule has 0 N–H and O–H groups in total. The molecule has 2 aromatic heterocycles. The van der Waals surface area contributed by atoms with Crippen molar-refractivity contribution in [2.24, 2.45) is 0 Å². The van der Waals surface area contributed by atoms with Gasteiger partial charge in [-0.15, -0.1) is 11.3 Å². The van der Waals surface area contributed by atoms with Crippen LogP contribution < -0.4 is 4.57 Å². The summed E-state index contributed by atoms with van der Waals surface area (Å²) in [5.41, 5.74) is 7.47. The van der Waals surface area contributed by atoms with E-state index in [9.17, 15) is 0 Å². The van der Waals surface area contributed by atoms with Crippen LogP contribution in [0.25, 0.3) is 33.0 Å². The second kappa shape index (κ2) is 8.48. The van der Waals surface area contributed by atoms with Crippen LogP contribution >= 0.6 is 11.3 Å². The molecule has 0 bridgehead atoms. The van der Waals surface area contributed by atoms with Gasteiger partial charge in [0.15, 0.2) is 6.54 Å². The Labute approximate surface area is 181 Å². The molecule has 0 radical (unpaired) electrons. The Morgan fingerprint density at radius 3 is 1.77 bits per heavy atom. The zero-order valence-electron chi connectivity index (χ0n) is 16.6. The Bertz CT molecular complexity index is 1230. The molecule has 5 rings (SSSR count). The van der Waals surface area contributed by atoms with Gasteiger partial charge in [0.25, 0.3) is 0 Å². The topological polar surface area (TPSA) is 3.88 Å². The maximum atomic E-state index is 2.45. The number of nitrogens with zero attached hydrogens (tertiary/aromatic N) is 1. The van der Waals surface area contributed by atoms with E-state index in [1.165, 1.54) is 38.5 Å². The Kier molecular flexibility index (Phi) is 5.24. The highest BCUT2D eigenvalue weighted by atomic mass is 32.1. The zero-order valence-corrected chi connectivity index (χ0v) is 17.4. The monoisotopic (exact) mass is 404 g/mol. The van der Waals surface area contributed by atoms with Gasteiger partial charge in [-0.05, 0) is 34.7 Å². The van der Waals surface area contributed by atoms with E-state index < -0.39 is 0 Å². The van der Waals surface area contributed by atoms with Crippen LogP contribution in [0.1, 0.15) is 5.56 Å². The maximum Gasteiger partial charge on any atom is 0.223 e. The van der Waals surface area contributed by atoms with E-state index in [-0.39, 0.29) is 0 Å². The van der Waals surface area contributed by atoms with Crippen molar-refractivity contribution < 1.29 is 4.57 Å². The Balaban J connectivity index is 1.78. The molecular formula is C28H22NS+. The molecule has 0 fully saturated rings. The molecule has 0 atom stereocenters. The molecular weight excluding hydrogens is 382 g/mol. The van der Waals surface area contributed by atoms with Gasteiger partial charge in [0.05, 0.1) is 4.88 Å². The van der Waals surface area contributed by atoms with Crippen LogP contribution in [0.2, 0.25) is 0 Å². The predicted molar refractivity (Wildman–Crippen MR) is 126 cm³/mol. The highest BCUT2D eigenvalue weighted by Crippen LogP contribution is 2.31. The van der Waals surface area contributed by atoms with E-state index in [1.54, 1.807) is 11.3 Å². The van der Waals surface area contributed by atoms with Gasteiger partial charge in [-0.3, -0.25) is 0 Å². The molecule has 0 aliphatic rings. The van der Waals surface area contributed by atoms with Gasteiger partial charge in [0, 0.05) is 23.3 Å². The van der Waals surface area contributed by atoms with Gasteiger partial charge in [-0.1, -0.05) is 84.9 Å². The highest BCUT2D eigenvalue weighted by Gasteiger charge is 2.23. The molecule has 0 saturated carbocycles. The lowest BCUT2D eigenvalue weighted by molar-refractivity contribution is -0.666. The lowest BCUT2D eigenvalue weighted by Gasteiger charge is -2.12. The van der Waals surface area contributed by atoms with E-state index >= 15 is 0 Å². The first-order chi connectivity index (χ1) is 14.9. The van der Waals surface area contributed by atoms with Crippen molar-refractivity contribution in [1.82, 2.24) is 0 Å². The highest BCUT2D eigenvalue weighted by molar-refractivity contribution is 7.13. The van der Waals surface area contributed by atoms with Crippen molar-refractivity contribution in [3.63, 3.8) is 0 Å². The average Bonchev–Trinajstić information content (AvgIpc) is 3.36. The maximum absolute atomic E-state index is 2.45. The molecule has 5 aromatic rings. The van der Waals surface area contributed by atoms with Crippen molar-refractivity contribution in [3.05, 3.63) is 126 Å². The van der Waals surface area contributed by atoms with E-state index in [4.69, 9.17) is 0 Å². The third-order valence-corrected chi connectivity index (χ3v) is 6.19. The van der Waals surface area contributed by atoms with Crippen LogP contribution in [0.3, 0.4) is 0 Å². The number of rotatable bonds is 5. The van der Waals surface area contributed by atoms with E-state index in [0.29, 0.717) is 0 Å². The van der Waals surface area contributed by atoms with Crippen LogP contribution in [0.5, 0.6) is 0 Å². The van der Waals surface area contributed by atoms with Crippen LogP contribution in [-0.2, 0) is 6.54 Å². The molecule has 2 heteroatoms. The molecule has 0 aliphatic heterocycles. The van der Waals surface area contributed by atoms with Crippen LogP contribution in [0.15, 0.2) is 121 Å².